The smallest absolute Gasteiger partial charge is 0.254 e. The number of aromatic nitrogens is 7. The largest absolute Gasteiger partial charge is 0.355 e. The van der Waals surface area contributed by atoms with Crippen LogP contribution in [0.4, 0.5) is 5.69 Å². The van der Waals surface area contributed by atoms with E-state index in [1.165, 1.54) is 12.4 Å². The van der Waals surface area contributed by atoms with Crippen LogP contribution in [0.25, 0.3) is 44.7 Å². The first kappa shape index (κ1) is 20.5. The molecule has 5 rings (SSSR count). The molecule has 166 valence electrons. The number of nitrogens with zero attached hydrogens (tertiary/aromatic N) is 5. The van der Waals surface area contributed by atoms with Gasteiger partial charge in [0.25, 0.3) is 5.91 Å². The van der Waals surface area contributed by atoms with Gasteiger partial charge in [0.05, 0.1) is 40.8 Å². The van der Waals surface area contributed by atoms with E-state index in [0.29, 0.717) is 56.0 Å². The van der Waals surface area contributed by atoms with E-state index in [-0.39, 0.29) is 5.91 Å². The number of carbonyl (C=O) groups excluding carboxylic acids is 1. The highest BCUT2D eigenvalue weighted by atomic mass is 32.2. The van der Waals surface area contributed by atoms with Gasteiger partial charge >= 0.3 is 0 Å². The van der Waals surface area contributed by atoms with Crippen molar-refractivity contribution in [3.8, 4) is 22.6 Å². The Bertz CT molecular complexity index is 1640. The summed E-state index contributed by atoms with van der Waals surface area (Å²) in [4.78, 5) is 32.5. The van der Waals surface area contributed by atoms with Gasteiger partial charge in [0, 0.05) is 36.8 Å². The van der Waals surface area contributed by atoms with Crippen molar-refractivity contribution in [2.24, 2.45) is 0 Å². The average molecular weight is 463 g/mol. The summed E-state index contributed by atoms with van der Waals surface area (Å²) in [5.41, 5.74) is 4.20. The number of sulfonamides is 1. The fourth-order valence-corrected chi connectivity index (χ4v) is 4.00. The minimum absolute atomic E-state index is 0.292. The van der Waals surface area contributed by atoms with Crippen molar-refractivity contribution in [1.82, 2.24) is 40.4 Å². The fraction of sp³-hybridized carbons (Fsp3) is 0.100. The first-order valence-electron chi connectivity index (χ1n) is 9.66. The number of aromatic amines is 2. The lowest BCUT2D eigenvalue weighted by molar-refractivity contribution is 0.0964. The summed E-state index contributed by atoms with van der Waals surface area (Å²) < 4.78 is 25.5. The zero-order valence-corrected chi connectivity index (χ0v) is 18.2. The van der Waals surface area contributed by atoms with Crippen LogP contribution in [-0.2, 0) is 10.0 Å². The predicted octanol–water partition coefficient (Wildman–Crippen LogP) is 1.69. The maximum Gasteiger partial charge on any atom is 0.254 e. The number of carbonyl (C=O) groups is 1. The highest BCUT2D eigenvalue weighted by Crippen LogP contribution is 2.30. The summed E-state index contributed by atoms with van der Waals surface area (Å²) in [5.74, 6) is 0.176. The van der Waals surface area contributed by atoms with Gasteiger partial charge in [-0.25, -0.2) is 18.4 Å². The Morgan fingerprint density at radius 3 is 2.61 bits per heavy atom. The summed E-state index contributed by atoms with van der Waals surface area (Å²) in [7, 11) is -1.89. The van der Waals surface area contributed by atoms with Crippen molar-refractivity contribution in [2.75, 3.05) is 18.0 Å². The molecule has 0 saturated carbocycles. The lowest BCUT2D eigenvalue weighted by Gasteiger charge is -2.06. The Labute approximate surface area is 187 Å². The van der Waals surface area contributed by atoms with Gasteiger partial charge in [-0.05, 0) is 12.1 Å². The highest BCUT2D eigenvalue weighted by Gasteiger charge is 2.18. The number of hydrogen-bond acceptors (Lipinski definition) is 8. The van der Waals surface area contributed by atoms with Crippen LogP contribution in [0, 0.1) is 0 Å². The maximum absolute atomic E-state index is 12.2. The van der Waals surface area contributed by atoms with Gasteiger partial charge in [-0.2, -0.15) is 5.10 Å². The van der Waals surface area contributed by atoms with Gasteiger partial charge in [-0.15, -0.1) is 0 Å². The summed E-state index contributed by atoms with van der Waals surface area (Å²) >= 11 is 0. The van der Waals surface area contributed by atoms with Crippen LogP contribution in [0.1, 0.15) is 10.4 Å². The second-order valence-electron chi connectivity index (χ2n) is 7.28. The number of pyridine rings is 3. The molecule has 0 atom stereocenters. The van der Waals surface area contributed by atoms with Gasteiger partial charge < -0.3 is 10.3 Å². The SMILES string of the molecule is CNC(=O)c1cncc2[nH]c(-c3[nH]nc4ncc(-c5cncc(NS(C)(=O)=O)c5)cc34)nc12. The van der Waals surface area contributed by atoms with Crippen LogP contribution in [0.15, 0.2) is 43.1 Å². The molecule has 5 aromatic heterocycles. The fourth-order valence-electron chi connectivity index (χ4n) is 3.46. The molecule has 0 aromatic carbocycles. The Morgan fingerprint density at radius 2 is 1.82 bits per heavy atom. The Morgan fingerprint density at radius 1 is 1.03 bits per heavy atom. The molecule has 5 aromatic rings. The molecule has 12 nitrogen and oxygen atoms in total. The number of anilines is 1. The predicted molar refractivity (Wildman–Crippen MR) is 122 cm³/mol. The zero-order chi connectivity index (χ0) is 23.2. The van der Waals surface area contributed by atoms with E-state index in [4.69, 9.17) is 0 Å². The molecule has 0 radical (unpaired) electrons. The Hall–Kier alpha value is -4.39. The molecule has 0 saturated heterocycles. The molecular formula is C20H17N9O3S. The van der Waals surface area contributed by atoms with Crippen LogP contribution in [0.2, 0.25) is 0 Å². The first-order valence-corrected chi connectivity index (χ1v) is 11.5. The number of amides is 1. The maximum atomic E-state index is 12.2. The lowest BCUT2D eigenvalue weighted by Crippen LogP contribution is -2.18. The minimum Gasteiger partial charge on any atom is -0.355 e. The zero-order valence-electron chi connectivity index (χ0n) is 17.4. The van der Waals surface area contributed by atoms with E-state index in [1.807, 2.05) is 6.07 Å². The molecule has 0 unspecified atom stereocenters. The van der Waals surface area contributed by atoms with E-state index >= 15 is 0 Å². The third kappa shape index (κ3) is 3.85. The van der Waals surface area contributed by atoms with Crippen LogP contribution < -0.4 is 10.0 Å². The van der Waals surface area contributed by atoms with E-state index in [9.17, 15) is 13.2 Å². The quantitative estimate of drug-likeness (QED) is 0.305. The van der Waals surface area contributed by atoms with Crippen molar-refractivity contribution in [1.29, 1.82) is 0 Å². The highest BCUT2D eigenvalue weighted by molar-refractivity contribution is 7.92. The molecule has 5 heterocycles. The van der Waals surface area contributed by atoms with Crippen LogP contribution in [-0.4, -0.2) is 62.7 Å². The van der Waals surface area contributed by atoms with Crippen LogP contribution in [0.5, 0.6) is 0 Å². The third-order valence-corrected chi connectivity index (χ3v) is 5.49. The number of rotatable bonds is 5. The molecule has 0 aliphatic heterocycles. The monoisotopic (exact) mass is 463 g/mol. The molecule has 0 fully saturated rings. The molecule has 13 heteroatoms. The molecular weight excluding hydrogens is 446 g/mol. The van der Waals surface area contributed by atoms with Crippen molar-refractivity contribution in [2.45, 2.75) is 0 Å². The average Bonchev–Trinajstić information content (AvgIpc) is 3.40. The molecule has 0 bridgehead atoms. The summed E-state index contributed by atoms with van der Waals surface area (Å²) in [6.07, 6.45) is 8.78. The Balaban J connectivity index is 1.60. The number of nitrogens with one attached hydrogen (secondary N) is 4. The lowest BCUT2D eigenvalue weighted by atomic mass is 10.1. The normalized spacial score (nSPS) is 11.7. The van der Waals surface area contributed by atoms with Gasteiger partial charge in [0.2, 0.25) is 10.0 Å². The number of fused-ring (bicyclic) bond motifs is 2. The number of hydrogen-bond donors (Lipinski definition) is 4. The van der Waals surface area contributed by atoms with Gasteiger partial charge in [0.1, 0.15) is 11.2 Å². The third-order valence-electron chi connectivity index (χ3n) is 4.89. The van der Waals surface area contributed by atoms with E-state index in [2.05, 4.69) is 45.2 Å². The van der Waals surface area contributed by atoms with Gasteiger partial charge in [-0.1, -0.05) is 0 Å². The first-order chi connectivity index (χ1) is 15.8. The second kappa shape index (κ2) is 7.63. The molecule has 0 spiro atoms. The topological polar surface area (TPSA) is 171 Å². The van der Waals surface area contributed by atoms with Crippen molar-refractivity contribution in [3.05, 3.63) is 48.7 Å². The van der Waals surface area contributed by atoms with Crippen molar-refractivity contribution in [3.63, 3.8) is 0 Å². The van der Waals surface area contributed by atoms with E-state index in [0.717, 1.165) is 6.26 Å². The van der Waals surface area contributed by atoms with Crippen LogP contribution >= 0.6 is 0 Å². The van der Waals surface area contributed by atoms with E-state index in [1.54, 1.807) is 31.7 Å². The molecule has 1 amide bonds. The van der Waals surface area contributed by atoms with Gasteiger partial charge in [-0.3, -0.25) is 24.6 Å². The Kier molecular flexibility index (Phi) is 4.74. The van der Waals surface area contributed by atoms with Crippen molar-refractivity contribution >= 4 is 43.7 Å². The van der Waals surface area contributed by atoms with Gasteiger partial charge in [0.15, 0.2) is 11.5 Å². The second-order valence-corrected chi connectivity index (χ2v) is 9.03. The summed E-state index contributed by atoms with van der Waals surface area (Å²) in [6.45, 7) is 0. The van der Waals surface area contributed by atoms with Crippen LogP contribution in [0.3, 0.4) is 0 Å². The molecule has 4 N–H and O–H groups in total. The standard InChI is InChI=1S/C20H17N9O3S/c1-21-20(30)14-8-23-9-15-16(14)26-19(25-15)17-13-4-11(6-24-18(13)28-27-17)10-3-12(7-22-5-10)29-33(2,31)32/h3-9,29H,1-2H3,(H,21,30)(H,25,26)(H,24,27,28). The summed E-state index contributed by atoms with van der Waals surface area (Å²) in [6, 6.07) is 3.52. The molecule has 0 aliphatic carbocycles. The molecule has 33 heavy (non-hydrogen) atoms. The van der Waals surface area contributed by atoms with E-state index < -0.39 is 10.0 Å². The number of imidazole rings is 1. The van der Waals surface area contributed by atoms with Crippen molar-refractivity contribution < 1.29 is 13.2 Å². The minimum atomic E-state index is -3.44. The molecule has 0 aliphatic rings. The summed E-state index contributed by atoms with van der Waals surface area (Å²) in [5, 5.41) is 10.4. The number of H-pyrrole nitrogens is 2.